The molecule has 0 radical (unpaired) electrons. The summed E-state index contributed by atoms with van der Waals surface area (Å²) in [6, 6.07) is 8.73. The average Bonchev–Trinajstić information content (AvgIpc) is 2.38. The summed E-state index contributed by atoms with van der Waals surface area (Å²) in [5.41, 5.74) is 1.72. The maximum absolute atomic E-state index is 9.45. The number of nitrogens with zero attached hydrogens (tertiary/aromatic N) is 2. The van der Waals surface area contributed by atoms with Gasteiger partial charge in [0.25, 0.3) is 0 Å². The molecule has 1 N–H and O–H groups in total. The van der Waals surface area contributed by atoms with Crippen LogP contribution in [-0.4, -0.2) is 37.3 Å². The summed E-state index contributed by atoms with van der Waals surface area (Å²) in [6.07, 6.45) is 0. The zero-order chi connectivity index (χ0) is 15.1. The van der Waals surface area contributed by atoms with Crippen LogP contribution in [0.15, 0.2) is 23.1 Å². The molecule has 0 amide bonds. The van der Waals surface area contributed by atoms with Crippen LogP contribution in [0.25, 0.3) is 0 Å². The fourth-order valence-electron chi connectivity index (χ4n) is 2.06. The second-order valence-corrected chi connectivity index (χ2v) is 6.79. The van der Waals surface area contributed by atoms with E-state index >= 15 is 0 Å². The molecule has 0 aliphatic heterocycles. The van der Waals surface area contributed by atoms with Crippen LogP contribution in [-0.2, 0) is 0 Å². The largest absolute Gasteiger partial charge is 0.380 e. The molecule has 0 saturated heterocycles. The van der Waals surface area contributed by atoms with Crippen LogP contribution in [0, 0.1) is 17.2 Å². The van der Waals surface area contributed by atoms with Gasteiger partial charge in [0.05, 0.1) is 11.3 Å². The molecule has 20 heavy (non-hydrogen) atoms. The van der Waals surface area contributed by atoms with Crippen molar-refractivity contribution in [3.05, 3.63) is 23.8 Å². The van der Waals surface area contributed by atoms with Crippen LogP contribution in [0.2, 0.25) is 0 Å². The first-order valence-electron chi connectivity index (χ1n) is 7.06. The van der Waals surface area contributed by atoms with Gasteiger partial charge in [0.2, 0.25) is 0 Å². The van der Waals surface area contributed by atoms with Crippen molar-refractivity contribution in [1.29, 1.82) is 5.26 Å². The Kier molecular flexibility index (Phi) is 6.90. The van der Waals surface area contributed by atoms with Gasteiger partial charge in [0.15, 0.2) is 0 Å². The van der Waals surface area contributed by atoms with Crippen molar-refractivity contribution < 1.29 is 0 Å². The minimum absolute atomic E-state index is 0.332. The van der Waals surface area contributed by atoms with E-state index in [1.807, 2.05) is 18.2 Å². The molecule has 0 saturated carbocycles. The van der Waals surface area contributed by atoms with Crippen molar-refractivity contribution >= 4 is 17.4 Å². The zero-order valence-corrected chi connectivity index (χ0v) is 13.9. The Balaban J connectivity index is 3.00. The van der Waals surface area contributed by atoms with Crippen LogP contribution >= 0.6 is 11.8 Å². The van der Waals surface area contributed by atoms with Crippen molar-refractivity contribution in [3.8, 4) is 6.07 Å². The van der Waals surface area contributed by atoms with E-state index in [1.165, 1.54) is 0 Å². The molecule has 0 fully saturated rings. The van der Waals surface area contributed by atoms with Crippen LogP contribution < -0.4 is 5.32 Å². The molecule has 4 heteroatoms. The molecule has 1 aromatic rings. The number of nitrogens with one attached hydrogen (secondary N) is 1. The molecule has 0 spiro atoms. The summed E-state index contributed by atoms with van der Waals surface area (Å²) in [6.45, 7) is 7.47. The van der Waals surface area contributed by atoms with Gasteiger partial charge in [0.1, 0.15) is 6.07 Å². The first kappa shape index (κ1) is 16.9. The van der Waals surface area contributed by atoms with Gasteiger partial charge in [-0.05, 0) is 37.9 Å². The van der Waals surface area contributed by atoms with E-state index in [-0.39, 0.29) is 0 Å². The van der Waals surface area contributed by atoms with Crippen molar-refractivity contribution in [2.45, 2.75) is 31.7 Å². The molecule has 1 atom stereocenters. The summed E-state index contributed by atoms with van der Waals surface area (Å²) in [7, 11) is 4.15. The molecular formula is C16H25N3S. The number of thioether (sulfide) groups is 1. The number of hydrogen-bond donors (Lipinski definition) is 1. The van der Waals surface area contributed by atoms with E-state index in [2.05, 4.69) is 51.2 Å². The van der Waals surface area contributed by atoms with Gasteiger partial charge in [0, 0.05) is 17.5 Å². The van der Waals surface area contributed by atoms with Crippen molar-refractivity contribution in [1.82, 2.24) is 4.90 Å². The standard InChI is InChI=1S/C16H25N3S/c1-6-20-16-9-7-8-14(13(16)10-17)18-15(12(2)3)11-19(4)5/h7-9,12,15,18H,6,11H2,1-5H3. The predicted octanol–water partition coefficient (Wildman–Crippen LogP) is 3.67. The van der Waals surface area contributed by atoms with E-state index < -0.39 is 0 Å². The Hall–Kier alpha value is -1.18. The number of benzene rings is 1. The Labute approximate surface area is 127 Å². The van der Waals surface area contributed by atoms with Crippen molar-refractivity contribution in [2.24, 2.45) is 5.92 Å². The molecule has 0 aliphatic carbocycles. The van der Waals surface area contributed by atoms with Crippen LogP contribution in [0.5, 0.6) is 0 Å². The molecule has 1 aromatic carbocycles. The second-order valence-electron chi connectivity index (χ2n) is 5.48. The molecule has 0 aromatic heterocycles. The van der Waals surface area contributed by atoms with Gasteiger partial charge in [-0.3, -0.25) is 0 Å². The molecule has 1 unspecified atom stereocenters. The Morgan fingerprint density at radius 1 is 1.35 bits per heavy atom. The number of hydrogen-bond acceptors (Lipinski definition) is 4. The first-order chi connectivity index (χ1) is 9.49. The highest BCUT2D eigenvalue weighted by atomic mass is 32.2. The van der Waals surface area contributed by atoms with E-state index in [0.717, 1.165) is 28.4 Å². The highest BCUT2D eigenvalue weighted by Crippen LogP contribution is 2.28. The lowest BCUT2D eigenvalue weighted by Gasteiger charge is -2.27. The van der Waals surface area contributed by atoms with Gasteiger partial charge in [-0.1, -0.05) is 26.8 Å². The summed E-state index contributed by atoms with van der Waals surface area (Å²) in [5.74, 6) is 1.48. The zero-order valence-electron chi connectivity index (χ0n) is 13.1. The molecule has 0 heterocycles. The quantitative estimate of drug-likeness (QED) is 0.778. The summed E-state index contributed by atoms with van der Waals surface area (Å²) in [5, 5.41) is 13.0. The Bertz CT molecular complexity index is 463. The lowest BCUT2D eigenvalue weighted by Crippen LogP contribution is -2.36. The highest BCUT2D eigenvalue weighted by molar-refractivity contribution is 7.99. The van der Waals surface area contributed by atoms with Gasteiger partial charge in [-0.15, -0.1) is 11.8 Å². The second kappa shape index (κ2) is 8.18. The van der Waals surface area contributed by atoms with Gasteiger partial charge in [-0.2, -0.15) is 5.26 Å². The van der Waals surface area contributed by atoms with Gasteiger partial charge < -0.3 is 10.2 Å². The molecule has 0 aliphatic rings. The van der Waals surface area contributed by atoms with Crippen LogP contribution in [0.3, 0.4) is 0 Å². The summed E-state index contributed by atoms with van der Waals surface area (Å²) in [4.78, 5) is 3.24. The van der Waals surface area contributed by atoms with Crippen LogP contribution in [0.4, 0.5) is 5.69 Å². The number of likely N-dealkylation sites (N-methyl/N-ethyl adjacent to an activating group) is 1. The molecule has 3 nitrogen and oxygen atoms in total. The topological polar surface area (TPSA) is 39.1 Å². The molecule has 1 rings (SSSR count). The number of rotatable bonds is 7. The monoisotopic (exact) mass is 291 g/mol. The predicted molar refractivity (Wildman–Crippen MR) is 88.4 cm³/mol. The number of anilines is 1. The van der Waals surface area contributed by atoms with Gasteiger partial charge >= 0.3 is 0 Å². The lowest BCUT2D eigenvalue weighted by molar-refractivity contribution is 0.344. The fourth-order valence-corrected chi connectivity index (χ4v) is 2.84. The van der Waals surface area contributed by atoms with Crippen LogP contribution in [0.1, 0.15) is 26.3 Å². The third kappa shape index (κ3) is 4.73. The fraction of sp³-hybridized carbons (Fsp3) is 0.562. The maximum atomic E-state index is 9.45. The SMILES string of the molecule is CCSc1cccc(NC(CN(C)C)C(C)C)c1C#N. The van der Waals surface area contributed by atoms with Crippen molar-refractivity contribution in [2.75, 3.05) is 31.7 Å². The Morgan fingerprint density at radius 2 is 2.05 bits per heavy atom. The minimum atomic E-state index is 0.332. The maximum Gasteiger partial charge on any atom is 0.102 e. The average molecular weight is 291 g/mol. The van der Waals surface area contributed by atoms with Crippen molar-refractivity contribution in [3.63, 3.8) is 0 Å². The Morgan fingerprint density at radius 3 is 2.55 bits per heavy atom. The van der Waals surface area contributed by atoms with Gasteiger partial charge in [-0.25, -0.2) is 0 Å². The van der Waals surface area contributed by atoms with E-state index in [9.17, 15) is 5.26 Å². The normalized spacial score (nSPS) is 12.5. The first-order valence-corrected chi connectivity index (χ1v) is 8.05. The molecule has 0 bridgehead atoms. The summed E-state index contributed by atoms with van der Waals surface area (Å²) >= 11 is 1.72. The third-order valence-electron chi connectivity index (χ3n) is 3.15. The molecule has 110 valence electrons. The summed E-state index contributed by atoms with van der Waals surface area (Å²) < 4.78 is 0. The smallest absolute Gasteiger partial charge is 0.102 e. The third-order valence-corrected chi connectivity index (χ3v) is 4.09. The van der Waals surface area contributed by atoms with E-state index in [1.54, 1.807) is 11.8 Å². The highest BCUT2D eigenvalue weighted by Gasteiger charge is 2.17. The number of nitriles is 1. The minimum Gasteiger partial charge on any atom is -0.380 e. The molecular weight excluding hydrogens is 266 g/mol. The lowest BCUT2D eigenvalue weighted by atomic mass is 10.0. The van der Waals surface area contributed by atoms with E-state index in [0.29, 0.717) is 12.0 Å². The van der Waals surface area contributed by atoms with E-state index in [4.69, 9.17) is 0 Å².